The summed E-state index contributed by atoms with van der Waals surface area (Å²) >= 11 is 4.36. The topological polar surface area (TPSA) is 0 Å². The molecule has 0 bridgehead atoms. The molecule has 1 heteroatoms. The van der Waals surface area contributed by atoms with Crippen molar-refractivity contribution in [2.24, 2.45) is 0 Å². The maximum Gasteiger partial charge on any atom is 0.00970 e. The van der Waals surface area contributed by atoms with Gasteiger partial charge in [-0.2, -0.15) is 12.6 Å². The molecule has 0 aliphatic carbocycles. The van der Waals surface area contributed by atoms with Crippen molar-refractivity contribution in [1.29, 1.82) is 0 Å². The molecule has 0 atom stereocenters. The van der Waals surface area contributed by atoms with Crippen LogP contribution in [-0.2, 0) is 0 Å². The van der Waals surface area contributed by atoms with Crippen molar-refractivity contribution in [3.8, 4) is 0 Å². The Kier molecular flexibility index (Phi) is 4.06. The Bertz CT molecular complexity index is 368. The van der Waals surface area contributed by atoms with Crippen molar-refractivity contribution < 1.29 is 0 Å². The highest BCUT2D eigenvalue weighted by molar-refractivity contribution is 7.80. The lowest BCUT2D eigenvalue weighted by Gasteiger charge is -2.16. The van der Waals surface area contributed by atoms with Crippen LogP contribution in [0.1, 0.15) is 23.5 Å². The number of benzene rings is 2. The Morgan fingerprint density at radius 2 is 1.19 bits per heavy atom. The van der Waals surface area contributed by atoms with Crippen LogP contribution in [0.3, 0.4) is 0 Å². The summed E-state index contributed by atoms with van der Waals surface area (Å²) in [7, 11) is 0. The van der Waals surface area contributed by atoms with Crippen molar-refractivity contribution in [3.05, 3.63) is 71.8 Å². The molecule has 0 saturated carbocycles. The third-order valence-electron chi connectivity index (χ3n) is 2.82. The van der Waals surface area contributed by atoms with Gasteiger partial charge in [0.25, 0.3) is 0 Å². The Morgan fingerprint density at radius 1 is 0.750 bits per heavy atom. The fourth-order valence-corrected chi connectivity index (χ4v) is 2.28. The second-order valence-corrected chi connectivity index (χ2v) is 4.33. The highest BCUT2D eigenvalue weighted by Crippen LogP contribution is 2.27. The first-order valence-corrected chi connectivity index (χ1v) is 6.26. The van der Waals surface area contributed by atoms with Crippen LogP contribution in [0.25, 0.3) is 0 Å². The van der Waals surface area contributed by atoms with Crippen LogP contribution in [0, 0.1) is 0 Å². The van der Waals surface area contributed by atoms with E-state index < -0.39 is 0 Å². The van der Waals surface area contributed by atoms with E-state index in [9.17, 15) is 0 Å². The number of rotatable bonds is 4. The molecule has 0 aromatic heterocycles. The van der Waals surface area contributed by atoms with Crippen LogP contribution in [0.15, 0.2) is 60.7 Å². The normalized spacial score (nSPS) is 10.6. The lowest BCUT2D eigenvalue weighted by molar-refractivity contribution is 0.787. The van der Waals surface area contributed by atoms with E-state index in [1.807, 2.05) is 0 Å². The monoisotopic (exact) mass is 228 g/mol. The standard InChI is InChI=1S/C15H16S/c16-12-11-15(13-7-3-1-4-8-13)14-9-5-2-6-10-14/h1-10,15-16H,11-12H2. The van der Waals surface area contributed by atoms with Crippen molar-refractivity contribution in [1.82, 2.24) is 0 Å². The summed E-state index contributed by atoms with van der Waals surface area (Å²) in [5.74, 6) is 1.38. The summed E-state index contributed by atoms with van der Waals surface area (Å²) in [6.07, 6.45) is 1.08. The number of thiol groups is 1. The van der Waals surface area contributed by atoms with E-state index in [0.717, 1.165) is 12.2 Å². The van der Waals surface area contributed by atoms with Gasteiger partial charge in [-0.15, -0.1) is 0 Å². The Hall–Kier alpha value is -1.21. The van der Waals surface area contributed by atoms with Crippen LogP contribution in [-0.4, -0.2) is 5.75 Å². The fraction of sp³-hybridized carbons (Fsp3) is 0.200. The summed E-state index contributed by atoms with van der Waals surface area (Å²) in [6.45, 7) is 0. The van der Waals surface area contributed by atoms with E-state index in [4.69, 9.17) is 0 Å². The Morgan fingerprint density at radius 3 is 1.56 bits per heavy atom. The SMILES string of the molecule is SCCC(c1ccccc1)c1ccccc1. The largest absolute Gasteiger partial charge is 0.179 e. The van der Waals surface area contributed by atoms with Crippen LogP contribution in [0.4, 0.5) is 0 Å². The molecular weight excluding hydrogens is 212 g/mol. The van der Waals surface area contributed by atoms with E-state index in [2.05, 4.69) is 73.3 Å². The third kappa shape index (κ3) is 2.67. The average Bonchev–Trinajstić information content (AvgIpc) is 2.38. The van der Waals surface area contributed by atoms with Gasteiger partial charge in [0.15, 0.2) is 0 Å². The van der Waals surface area contributed by atoms with E-state index in [1.165, 1.54) is 11.1 Å². The van der Waals surface area contributed by atoms with Gasteiger partial charge >= 0.3 is 0 Å². The molecule has 0 N–H and O–H groups in total. The average molecular weight is 228 g/mol. The summed E-state index contributed by atoms with van der Waals surface area (Å²) in [5.41, 5.74) is 2.76. The first-order chi connectivity index (χ1) is 7.92. The molecule has 0 aliphatic heterocycles. The van der Waals surface area contributed by atoms with E-state index in [1.54, 1.807) is 0 Å². The highest BCUT2D eigenvalue weighted by atomic mass is 32.1. The predicted octanol–water partition coefficient (Wildman–Crippen LogP) is 4.14. The van der Waals surface area contributed by atoms with Gasteiger partial charge in [-0.1, -0.05) is 60.7 Å². The Labute approximate surface area is 103 Å². The van der Waals surface area contributed by atoms with Crippen LogP contribution in [0.5, 0.6) is 0 Å². The molecule has 82 valence electrons. The van der Waals surface area contributed by atoms with Crippen LogP contribution in [0.2, 0.25) is 0 Å². The molecule has 0 amide bonds. The lowest BCUT2D eigenvalue weighted by atomic mass is 9.89. The van der Waals surface area contributed by atoms with Gasteiger partial charge in [0.2, 0.25) is 0 Å². The third-order valence-corrected chi connectivity index (χ3v) is 3.08. The van der Waals surface area contributed by atoms with Gasteiger partial charge in [0.1, 0.15) is 0 Å². The summed E-state index contributed by atoms with van der Waals surface area (Å²) in [4.78, 5) is 0. The summed E-state index contributed by atoms with van der Waals surface area (Å²) < 4.78 is 0. The second-order valence-electron chi connectivity index (χ2n) is 3.89. The first-order valence-electron chi connectivity index (χ1n) is 5.62. The van der Waals surface area contributed by atoms with Gasteiger partial charge in [-0.3, -0.25) is 0 Å². The second kappa shape index (κ2) is 5.76. The van der Waals surface area contributed by atoms with Crippen molar-refractivity contribution >= 4 is 12.6 Å². The molecule has 0 radical (unpaired) electrons. The zero-order valence-electron chi connectivity index (χ0n) is 9.21. The molecular formula is C15H16S. The molecule has 0 saturated heterocycles. The van der Waals surface area contributed by atoms with Crippen molar-refractivity contribution in [3.63, 3.8) is 0 Å². The van der Waals surface area contributed by atoms with Crippen molar-refractivity contribution in [2.45, 2.75) is 12.3 Å². The lowest BCUT2D eigenvalue weighted by Crippen LogP contribution is -2.01. The van der Waals surface area contributed by atoms with Gasteiger partial charge in [-0.25, -0.2) is 0 Å². The van der Waals surface area contributed by atoms with E-state index in [-0.39, 0.29) is 0 Å². The smallest absolute Gasteiger partial charge is 0.00970 e. The van der Waals surface area contributed by atoms with Crippen LogP contribution < -0.4 is 0 Å². The zero-order chi connectivity index (χ0) is 11.2. The Balaban J connectivity index is 2.31. The molecule has 0 nitrogen and oxygen atoms in total. The zero-order valence-corrected chi connectivity index (χ0v) is 10.1. The van der Waals surface area contributed by atoms with Gasteiger partial charge < -0.3 is 0 Å². The van der Waals surface area contributed by atoms with Gasteiger partial charge in [0.05, 0.1) is 0 Å². The van der Waals surface area contributed by atoms with E-state index in [0.29, 0.717) is 5.92 Å². The quantitative estimate of drug-likeness (QED) is 0.747. The number of hydrogen-bond acceptors (Lipinski definition) is 1. The summed E-state index contributed by atoms with van der Waals surface area (Å²) in [5, 5.41) is 0. The molecule has 2 rings (SSSR count). The van der Waals surface area contributed by atoms with Crippen molar-refractivity contribution in [2.75, 3.05) is 5.75 Å². The molecule has 2 aromatic rings. The molecule has 16 heavy (non-hydrogen) atoms. The fourth-order valence-electron chi connectivity index (χ4n) is 2.03. The molecule has 0 fully saturated rings. The first kappa shape index (κ1) is 11.3. The number of hydrogen-bond donors (Lipinski definition) is 1. The summed E-state index contributed by atoms with van der Waals surface area (Å²) in [6, 6.07) is 21.3. The molecule has 0 spiro atoms. The van der Waals surface area contributed by atoms with Gasteiger partial charge in [-0.05, 0) is 23.3 Å². The minimum atomic E-state index is 0.472. The molecule has 0 unspecified atom stereocenters. The molecule has 0 heterocycles. The molecule has 2 aromatic carbocycles. The van der Waals surface area contributed by atoms with Gasteiger partial charge in [0, 0.05) is 5.92 Å². The predicted molar refractivity (Wildman–Crippen MR) is 73.2 cm³/mol. The minimum Gasteiger partial charge on any atom is -0.179 e. The highest BCUT2D eigenvalue weighted by Gasteiger charge is 2.11. The van der Waals surface area contributed by atoms with E-state index >= 15 is 0 Å². The maximum absolute atomic E-state index is 4.36. The van der Waals surface area contributed by atoms with Crippen LogP contribution >= 0.6 is 12.6 Å². The molecule has 0 aliphatic rings. The maximum atomic E-state index is 4.36. The minimum absolute atomic E-state index is 0.472.